The Morgan fingerprint density at radius 2 is 1.81 bits per heavy atom. The van der Waals surface area contributed by atoms with E-state index in [0.29, 0.717) is 6.61 Å². The van der Waals surface area contributed by atoms with E-state index in [4.69, 9.17) is 10.5 Å². The molecule has 0 amide bonds. The Balaban J connectivity index is 2.73. The van der Waals surface area contributed by atoms with Gasteiger partial charge in [-0.1, -0.05) is 26.0 Å². The minimum Gasteiger partial charge on any atom is -0.494 e. The normalized spacial score (nSPS) is 14.9. The van der Waals surface area contributed by atoms with E-state index in [1.54, 1.807) is 0 Å². The number of aliphatic hydroxyl groups is 1. The van der Waals surface area contributed by atoms with E-state index >= 15 is 0 Å². The van der Waals surface area contributed by atoms with Crippen molar-refractivity contribution in [3.63, 3.8) is 0 Å². The van der Waals surface area contributed by atoms with E-state index < -0.39 is 6.10 Å². The Bertz CT molecular complexity index is 308. The van der Waals surface area contributed by atoms with Gasteiger partial charge >= 0.3 is 0 Å². The van der Waals surface area contributed by atoms with Gasteiger partial charge in [0.25, 0.3) is 0 Å². The second-order valence-electron chi connectivity index (χ2n) is 4.27. The first-order chi connectivity index (χ1) is 7.56. The predicted octanol–water partition coefficient (Wildman–Crippen LogP) is 2.10. The highest BCUT2D eigenvalue weighted by Gasteiger charge is 2.19. The van der Waals surface area contributed by atoms with Crippen LogP contribution in [0.4, 0.5) is 0 Å². The first-order valence-corrected chi connectivity index (χ1v) is 5.72. The minimum atomic E-state index is -0.615. The molecule has 0 spiro atoms. The van der Waals surface area contributed by atoms with Crippen LogP contribution in [0, 0.1) is 5.92 Å². The summed E-state index contributed by atoms with van der Waals surface area (Å²) < 4.78 is 5.34. The van der Waals surface area contributed by atoms with E-state index in [1.807, 2.05) is 45.0 Å². The molecule has 0 radical (unpaired) electrons. The van der Waals surface area contributed by atoms with Gasteiger partial charge in [-0.2, -0.15) is 0 Å². The van der Waals surface area contributed by atoms with Gasteiger partial charge in [0.15, 0.2) is 0 Å². The zero-order valence-electron chi connectivity index (χ0n) is 10.2. The molecule has 3 heteroatoms. The molecule has 2 unspecified atom stereocenters. The quantitative estimate of drug-likeness (QED) is 0.803. The summed E-state index contributed by atoms with van der Waals surface area (Å²) in [7, 11) is 0. The highest BCUT2D eigenvalue weighted by atomic mass is 16.5. The Morgan fingerprint density at radius 1 is 1.25 bits per heavy atom. The van der Waals surface area contributed by atoms with Crippen molar-refractivity contribution >= 4 is 0 Å². The molecule has 1 aromatic rings. The van der Waals surface area contributed by atoms with Crippen molar-refractivity contribution in [3.05, 3.63) is 29.8 Å². The van der Waals surface area contributed by atoms with Crippen LogP contribution in [0.2, 0.25) is 0 Å². The highest BCUT2D eigenvalue weighted by molar-refractivity contribution is 5.29. The van der Waals surface area contributed by atoms with Crippen molar-refractivity contribution in [3.8, 4) is 5.75 Å². The number of hydrogen-bond acceptors (Lipinski definition) is 3. The van der Waals surface area contributed by atoms with E-state index in [-0.39, 0.29) is 12.0 Å². The van der Waals surface area contributed by atoms with Crippen LogP contribution in [0.5, 0.6) is 5.75 Å². The molecule has 0 saturated carbocycles. The summed E-state index contributed by atoms with van der Waals surface area (Å²) in [4.78, 5) is 0. The van der Waals surface area contributed by atoms with E-state index in [1.165, 1.54) is 0 Å². The molecule has 0 aliphatic heterocycles. The Morgan fingerprint density at radius 3 is 2.25 bits per heavy atom. The second-order valence-corrected chi connectivity index (χ2v) is 4.27. The lowest BCUT2D eigenvalue weighted by atomic mass is 9.94. The van der Waals surface area contributed by atoms with E-state index in [2.05, 4.69) is 0 Å². The molecule has 1 aromatic carbocycles. The van der Waals surface area contributed by atoms with Crippen LogP contribution < -0.4 is 10.5 Å². The number of aliphatic hydroxyl groups excluding tert-OH is 1. The first kappa shape index (κ1) is 13.0. The zero-order chi connectivity index (χ0) is 12.1. The van der Waals surface area contributed by atoms with Gasteiger partial charge in [0.05, 0.1) is 12.7 Å². The summed E-state index contributed by atoms with van der Waals surface area (Å²) in [5, 5.41) is 10.0. The SMILES string of the molecule is CCOc1ccc(C(O)C(N)C(C)C)cc1. The summed E-state index contributed by atoms with van der Waals surface area (Å²) in [6.07, 6.45) is -0.615. The van der Waals surface area contributed by atoms with Crippen LogP contribution in [0.1, 0.15) is 32.4 Å². The fourth-order valence-electron chi connectivity index (χ4n) is 1.51. The van der Waals surface area contributed by atoms with E-state index in [0.717, 1.165) is 11.3 Å². The van der Waals surface area contributed by atoms with Gasteiger partial charge in [-0.25, -0.2) is 0 Å². The highest BCUT2D eigenvalue weighted by Crippen LogP contribution is 2.22. The number of nitrogens with two attached hydrogens (primary N) is 1. The van der Waals surface area contributed by atoms with Crippen molar-refractivity contribution < 1.29 is 9.84 Å². The molecule has 3 nitrogen and oxygen atoms in total. The number of hydrogen-bond donors (Lipinski definition) is 2. The molecule has 0 aliphatic carbocycles. The smallest absolute Gasteiger partial charge is 0.119 e. The lowest BCUT2D eigenvalue weighted by molar-refractivity contribution is 0.125. The molecule has 1 rings (SSSR count). The van der Waals surface area contributed by atoms with Crippen LogP contribution in [0.15, 0.2) is 24.3 Å². The summed E-state index contributed by atoms with van der Waals surface area (Å²) >= 11 is 0. The molecule has 16 heavy (non-hydrogen) atoms. The maximum Gasteiger partial charge on any atom is 0.119 e. The molecule has 2 atom stereocenters. The van der Waals surface area contributed by atoms with Crippen LogP contribution in [0.25, 0.3) is 0 Å². The van der Waals surface area contributed by atoms with Crippen molar-refractivity contribution in [1.29, 1.82) is 0 Å². The summed E-state index contributed by atoms with van der Waals surface area (Å²) in [5.41, 5.74) is 6.75. The fourth-order valence-corrected chi connectivity index (χ4v) is 1.51. The lowest BCUT2D eigenvalue weighted by Gasteiger charge is -2.22. The molecular formula is C13H21NO2. The average Bonchev–Trinajstić information content (AvgIpc) is 2.28. The third-order valence-corrected chi connectivity index (χ3v) is 2.67. The third kappa shape index (κ3) is 3.22. The maximum absolute atomic E-state index is 10.0. The Kier molecular flexibility index (Phi) is 4.77. The molecule has 0 aromatic heterocycles. The van der Waals surface area contributed by atoms with Gasteiger partial charge in [0.1, 0.15) is 5.75 Å². The Labute approximate surface area is 97.2 Å². The number of benzene rings is 1. The monoisotopic (exact) mass is 223 g/mol. The molecule has 0 aliphatic rings. The van der Waals surface area contributed by atoms with Crippen molar-refractivity contribution in [1.82, 2.24) is 0 Å². The average molecular weight is 223 g/mol. The maximum atomic E-state index is 10.0. The van der Waals surface area contributed by atoms with Gasteiger partial charge < -0.3 is 15.6 Å². The largest absolute Gasteiger partial charge is 0.494 e. The van der Waals surface area contributed by atoms with Crippen LogP contribution >= 0.6 is 0 Å². The van der Waals surface area contributed by atoms with Crippen LogP contribution in [-0.2, 0) is 0 Å². The second kappa shape index (κ2) is 5.87. The van der Waals surface area contributed by atoms with Crippen molar-refractivity contribution in [2.45, 2.75) is 32.9 Å². The molecule has 0 saturated heterocycles. The summed E-state index contributed by atoms with van der Waals surface area (Å²) in [6.45, 7) is 6.59. The topological polar surface area (TPSA) is 55.5 Å². The summed E-state index contributed by atoms with van der Waals surface area (Å²) in [6, 6.07) is 7.19. The lowest BCUT2D eigenvalue weighted by Crippen LogP contribution is -2.33. The number of ether oxygens (including phenoxy) is 1. The van der Waals surface area contributed by atoms with Gasteiger partial charge in [-0.15, -0.1) is 0 Å². The zero-order valence-corrected chi connectivity index (χ0v) is 10.2. The fraction of sp³-hybridized carbons (Fsp3) is 0.538. The predicted molar refractivity (Wildman–Crippen MR) is 65.4 cm³/mol. The molecular weight excluding hydrogens is 202 g/mol. The standard InChI is InChI=1S/C13H21NO2/c1-4-16-11-7-5-10(6-8-11)13(15)12(14)9(2)3/h5-9,12-13,15H,4,14H2,1-3H3. The molecule has 3 N–H and O–H groups in total. The van der Waals surface area contributed by atoms with Crippen LogP contribution in [-0.4, -0.2) is 17.8 Å². The molecule has 90 valence electrons. The minimum absolute atomic E-state index is 0.238. The molecule has 0 fully saturated rings. The van der Waals surface area contributed by atoms with Crippen LogP contribution in [0.3, 0.4) is 0 Å². The van der Waals surface area contributed by atoms with Crippen molar-refractivity contribution in [2.75, 3.05) is 6.61 Å². The molecule has 0 heterocycles. The van der Waals surface area contributed by atoms with Gasteiger partial charge in [0, 0.05) is 6.04 Å². The first-order valence-electron chi connectivity index (χ1n) is 5.72. The number of rotatable bonds is 5. The van der Waals surface area contributed by atoms with Gasteiger partial charge in [-0.05, 0) is 30.5 Å². The van der Waals surface area contributed by atoms with Gasteiger partial charge in [0.2, 0.25) is 0 Å². The summed E-state index contributed by atoms with van der Waals surface area (Å²) in [5.74, 6) is 1.07. The molecule has 0 bridgehead atoms. The third-order valence-electron chi connectivity index (χ3n) is 2.67. The van der Waals surface area contributed by atoms with E-state index in [9.17, 15) is 5.11 Å². The van der Waals surface area contributed by atoms with Gasteiger partial charge in [-0.3, -0.25) is 0 Å². The Hall–Kier alpha value is -1.06. The van der Waals surface area contributed by atoms with Crippen molar-refractivity contribution in [2.24, 2.45) is 11.7 Å².